The third-order valence-electron chi connectivity index (χ3n) is 3.54. The first kappa shape index (κ1) is 15.9. The number of nitrogens with one attached hydrogen (secondary N) is 1. The summed E-state index contributed by atoms with van der Waals surface area (Å²) in [6.45, 7) is 0.980. The molecular weight excluding hydrogens is 290 g/mol. The minimum atomic E-state index is -3.26. The smallest absolute Gasteiger partial charge is 0.244 e. The van der Waals surface area contributed by atoms with Crippen molar-refractivity contribution in [1.29, 1.82) is 0 Å². The number of nitrogens with two attached hydrogens (primary N) is 1. The van der Waals surface area contributed by atoms with Crippen molar-refractivity contribution in [2.45, 2.75) is 24.9 Å². The summed E-state index contributed by atoms with van der Waals surface area (Å²) < 4.78 is 25.1. The summed E-state index contributed by atoms with van der Waals surface area (Å²) in [6.07, 6.45) is 2.63. The average Bonchev–Trinajstić information content (AvgIpc) is 2.45. The zero-order valence-corrected chi connectivity index (χ0v) is 12.8. The minimum Gasteiger partial charge on any atom is -0.339 e. The molecule has 0 radical (unpaired) electrons. The van der Waals surface area contributed by atoms with E-state index in [0.717, 1.165) is 24.7 Å². The highest BCUT2D eigenvalue weighted by molar-refractivity contribution is 7.88. The van der Waals surface area contributed by atoms with Gasteiger partial charge in [0.1, 0.15) is 6.04 Å². The van der Waals surface area contributed by atoms with E-state index in [4.69, 9.17) is 5.73 Å². The largest absolute Gasteiger partial charge is 0.339 e. The predicted octanol–water partition coefficient (Wildman–Crippen LogP) is 0.227. The van der Waals surface area contributed by atoms with Gasteiger partial charge in [0.15, 0.2) is 0 Å². The summed E-state index contributed by atoms with van der Waals surface area (Å²) in [7, 11) is -3.26. The van der Waals surface area contributed by atoms with Gasteiger partial charge in [0.25, 0.3) is 0 Å². The van der Waals surface area contributed by atoms with E-state index in [-0.39, 0.29) is 11.9 Å². The number of rotatable bonds is 4. The molecule has 7 heteroatoms. The second kappa shape index (κ2) is 6.55. The first-order valence-corrected chi connectivity index (χ1v) is 8.82. The minimum absolute atomic E-state index is 0.166. The monoisotopic (exact) mass is 311 g/mol. The zero-order chi connectivity index (χ0) is 15.5. The molecule has 1 amide bonds. The number of likely N-dealkylation sites (tertiary alicyclic amines) is 1. The highest BCUT2D eigenvalue weighted by atomic mass is 32.2. The Balaban J connectivity index is 2.02. The summed E-state index contributed by atoms with van der Waals surface area (Å²) in [5.74, 6) is -0.166. The van der Waals surface area contributed by atoms with Crippen molar-refractivity contribution in [3.8, 4) is 0 Å². The van der Waals surface area contributed by atoms with Crippen LogP contribution in [0.4, 0.5) is 0 Å². The van der Waals surface area contributed by atoms with Gasteiger partial charge in [-0.3, -0.25) is 4.79 Å². The third kappa shape index (κ3) is 4.52. The molecule has 116 valence electrons. The maximum absolute atomic E-state index is 12.4. The first-order chi connectivity index (χ1) is 9.87. The van der Waals surface area contributed by atoms with E-state index >= 15 is 0 Å². The van der Waals surface area contributed by atoms with Crippen molar-refractivity contribution in [3.05, 3.63) is 35.9 Å². The van der Waals surface area contributed by atoms with Crippen LogP contribution >= 0.6 is 0 Å². The number of hydrogen-bond donors (Lipinski definition) is 2. The number of hydrogen-bond acceptors (Lipinski definition) is 4. The molecule has 3 N–H and O–H groups in total. The van der Waals surface area contributed by atoms with Crippen molar-refractivity contribution in [2.75, 3.05) is 19.3 Å². The summed E-state index contributed by atoms with van der Waals surface area (Å²) in [5.41, 5.74) is 6.78. The Morgan fingerprint density at radius 3 is 2.67 bits per heavy atom. The summed E-state index contributed by atoms with van der Waals surface area (Å²) in [4.78, 5) is 14.1. The van der Waals surface area contributed by atoms with Gasteiger partial charge in [0, 0.05) is 19.1 Å². The van der Waals surface area contributed by atoms with E-state index < -0.39 is 16.1 Å². The summed E-state index contributed by atoms with van der Waals surface area (Å²) in [5, 5.41) is 0. The molecular formula is C14H21N3O3S. The van der Waals surface area contributed by atoms with Gasteiger partial charge >= 0.3 is 0 Å². The molecule has 2 rings (SSSR count). The lowest BCUT2D eigenvalue weighted by Gasteiger charge is -2.34. The molecule has 1 fully saturated rings. The molecule has 0 spiro atoms. The number of benzene rings is 1. The van der Waals surface area contributed by atoms with Crippen molar-refractivity contribution in [2.24, 2.45) is 5.73 Å². The number of sulfonamides is 1. The summed E-state index contributed by atoms with van der Waals surface area (Å²) in [6, 6.07) is 8.24. The Hall–Kier alpha value is -1.44. The van der Waals surface area contributed by atoms with E-state index in [1.807, 2.05) is 30.3 Å². The highest BCUT2D eigenvalue weighted by Crippen LogP contribution is 2.17. The Morgan fingerprint density at radius 1 is 1.38 bits per heavy atom. The fourth-order valence-corrected chi connectivity index (χ4v) is 3.37. The molecule has 6 nitrogen and oxygen atoms in total. The Bertz CT molecular complexity index is 589. The van der Waals surface area contributed by atoms with Crippen molar-refractivity contribution >= 4 is 15.9 Å². The fraction of sp³-hybridized carbons (Fsp3) is 0.500. The van der Waals surface area contributed by atoms with Crippen molar-refractivity contribution in [3.63, 3.8) is 0 Å². The number of nitrogens with zero attached hydrogens (tertiary/aromatic N) is 1. The van der Waals surface area contributed by atoms with Gasteiger partial charge in [-0.05, 0) is 18.4 Å². The lowest BCUT2D eigenvalue weighted by atomic mass is 10.0. The molecule has 0 aromatic heterocycles. The number of carbonyl (C=O) groups is 1. The third-order valence-corrected chi connectivity index (χ3v) is 4.30. The van der Waals surface area contributed by atoms with Crippen LogP contribution in [0.25, 0.3) is 0 Å². The molecule has 2 atom stereocenters. The normalized spacial score (nSPS) is 21.0. The molecule has 1 heterocycles. The molecule has 1 aromatic carbocycles. The van der Waals surface area contributed by atoms with Gasteiger partial charge in [-0.25, -0.2) is 13.1 Å². The fourth-order valence-electron chi connectivity index (χ4n) is 2.58. The van der Waals surface area contributed by atoms with E-state index in [1.54, 1.807) is 4.90 Å². The standard InChI is InChI=1S/C14H21N3O3S/c1-21(19,20)16-12-8-5-9-17(10-12)14(18)13(15)11-6-3-2-4-7-11/h2-4,6-7,12-13,16H,5,8-10,15H2,1H3/t12-,13-/m1/s1. The Morgan fingerprint density at radius 2 is 2.05 bits per heavy atom. The highest BCUT2D eigenvalue weighted by Gasteiger charge is 2.28. The second-order valence-corrected chi connectivity index (χ2v) is 7.18. The van der Waals surface area contributed by atoms with Crippen molar-refractivity contribution < 1.29 is 13.2 Å². The van der Waals surface area contributed by atoms with Gasteiger partial charge in [-0.1, -0.05) is 30.3 Å². The van der Waals surface area contributed by atoms with Crippen molar-refractivity contribution in [1.82, 2.24) is 9.62 Å². The molecule has 1 aromatic rings. The van der Waals surface area contributed by atoms with Gasteiger partial charge in [0.2, 0.25) is 15.9 Å². The molecule has 1 aliphatic rings. The maximum Gasteiger partial charge on any atom is 0.244 e. The topological polar surface area (TPSA) is 92.5 Å². The van der Waals surface area contributed by atoms with Gasteiger partial charge in [-0.15, -0.1) is 0 Å². The van der Waals surface area contributed by atoms with Gasteiger partial charge < -0.3 is 10.6 Å². The number of amides is 1. The van der Waals surface area contributed by atoms with Crippen LogP contribution in [0.1, 0.15) is 24.4 Å². The van der Waals surface area contributed by atoms with E-state index in [2.05, 4.69) is 4.72 Å². The van der Waals surface area contributed by atoms with Crippen LogP contribution in [0.2, 0.25) is 0 Å². The van der Waals surface area contributed by atoms with Crippen LogP contribution in [-0.4, -0.2) is 44.6 Å². The Kier molecular flexibility index (Phi) is 4.97. The molecule has 0 aliphatic carbocycles. The van der Waals surface area contributed by atoms with E-state index in [0.29, 0.717) is 13.1 Å². The quantitative estimate of drug-likeness (QED) is 0.832. The van der Waals surface area contributed by atoms with E-state index in [9.17, 15) is 13.2 Å². The molecule has 21 heavy (non-hydrogen) atoms. The van der Waals surface area contributed by atoms with Crippen LogP contribution in [0.15, 0.2) is 30.3 Å². The van der Waals surface area contributed by atoms with Gasteiger partial charge in [0.05, 0.1) is 6.26 Å². The molecule has 0 unspecified atom stereocenters. The lowest BCUT2D eigenvalue weighted by Crippen LogP contribution is -2.51. The predicted molar refractivity (Wildman–Crippen MR) is 81.0 cm³/mol. The maximum atomic E-state index is 12.4. The second-order valence-electron chi connectivity index (χ2n) is 5.40. The zero-order valence-electron chi connectivity index (χ0n) is 12.0. The number of carbonyl (C=O) groups excluding carboxylic acids is 1. The lowest BCUT2D eigenvalue weighted by molar-refractivity contribution is -0.134. The molecule has 1 aliphatic heterocycles. The van der Waals surface area contributed by atoms with Crippen LogP contribution < -0.4 is 10.5 Å². The average molecular weight is 311 g/mol. The molecule has 1 saturated heterocycles. The van der Waals surface area contributed by atoms with E-state index in [1.165, 1.54) is 0 Å². The van der Waals surface area contributed by atoms with Crippen LogP contribution in [-0.2, 0) is 14.8 Å². The van der Waals surface area contributed by atoms with Crippen LogP contribution in [0.3, 0.4) is 0 Å². The summed E-state index contributed by atoms with van der Waals surface area (Å²) >= 11 is 0. The molecule has 0 bridgehead atoms. The number of piperidine rings is 1. The Labute approximate surface area is 125 Å². The SMILES string of the molecule is CS(=O)(=O)N[C@@H]1CCCN(C(=O)[C@H](N)c2ccccc2)C1. The van der Waals surface area contributed by atoms with Crippen LogP contribution in [0.5, 0.6) is 0 Å². The van der Waals surface area contributed by atoms with Crippen LogP contribution in [0, 0.1) is 0 Å². The van der Waals surface area contributed by atoms with Gasteiger partial charge in [-0.2, -0.15) is 0 Å². The first-order valence-electron chi connectivity index (χ1n) is 6.93. The molecule has 0 saturated carbocycles.